The lowest BCUT2D eigenvalue weighted by atomic mass is 9.85. The van der Waals surface area contributed by atoms with Gasteiger partial charge in [-0.3, -0.25) is 4.90 Å². The van der Waals surface area contributed by atoms with E-state index in [-0.39, 0.29) is 5.60 Å². The predicted octanol–water partition coefficient (Wildman–Crippen LogP) is 5.37. The zero-order valence-electron chi connectivity index (χ0n) is 17.6. The van der Waals surface area contributed by atoms with E-state index in [4.69, 9.17) is 14.2 Å². The molecule has 0 aromatic heterocycles. The number of fused-ring (bicyclic) bond motifs is 3. The number of methoxy groups -OCH3 is 1. The highest BCUT2D eigenvalue weighted by molar-refractivity contribution is 9.10. The number of benzene rings is 1. The Labute approximate surface area is 172 Å². The molecule has 4 nitrogen and oxygen atoms in total. The standard InChI is InChI=1S/C22H34BrNO3/c1-14(2)13-26-21-19(25-6)11-17-16(20(21)23)9-10-24-12-15(7-8-18(17)24)27-22(3,4)5/h11,14-15,18H,7-10,12-13H2,1-6H3. The second-order valence-corrected chi connectivity index (χ2v) is 9.98. The summed E-state index contributed by atoms with van der Waals surface area (Å²) in [5, 5.41) is 0. The zero-order valence-corrected chi connectivity index (χ0v) is 19.2. The van der Waals surface area contributed by atoms with Crippen molar-refractivity contribution >= 4 is 15.9 Å². The lowest BCUT2D eigenvalue weighted by molar-refractivity contribution is -0.0971. The minimum atomic E-state index is -0.0832. The van der Waals surface area contributed by atoms with Gasteiger partial charge in [-0.05, 0) is 79.1 Å². The maximum absolute atomic E-state index is 6.26. The van der Waals surface area contributed by atoms with Crippen LogP contribution in [0.3, 0.4) is 0 Å². The van der Waals surface area contributed by atoms with Gasteiger partial charge in [0.25, 0.3) is 0 Å². The van der Waals surface area contributed by atoms with Gasteiger partial charge in [0, 0.05) is 19.1 Å². The predicted molar refractivity (Wildman–Crippen MR) is 113 cm³/mol. The molecule has 5 heteroatoms. The van der Waals surface area contributed by atoms with Gasteiger partial charge in [-0.25, -0.2) is 0 Å². The minimum Gasteiger partial charge on any atom is -0.493 e. The first-order chi connectivity index (χ1) is 12.7. The molecule has 0 aliphatic carbocycles. The van der Waals surface area contributed by atoms with Crippen LogP contribution in [0.15, 0.2) is 10.5 Å². The number of piperidine rings is 1. The second-order valence-electron chi connectivity index (χ2n) is 9.18. The molecule has 1 fully saturated rings. The number of rotatable bonds is 5. The Balaban J connectivity index is 1.84. The van der Waals surface area contributed by atoms with Crippen molar-refractivity contribution in [3.63, 3.8) is 0 Å². The van der Waals surface area contributed by atoms with Crippen molar-refractivity contribution in [2.75, 3.05) is 26.8 Å². The van der Waals surface area contributed by atoms with Crippen molar-refractivity contribution in [1.82, 2.24) is 4.90 Å². The van der Waals surface area contributed by atoms with Crippen LogP contribution in [-0.2, 0) is 11.2 Å². The molecule has 0 N–H and O–H groups in total. The van der Waals surface area contributed by atoms with Crippen molar-refractivity contribution in [1.29, 1.82) is 0 Å². The Morgan fingerprint density at radius 2 is 2.00 bits per heavy atom. The average molecular weight is 440 g/mol. The molecular formula is C22H34BrNO3. The summed E-state index contributed by atoms with van der Waals surface area (Å²) in [6.07, 6.45) is 3.57. The summed E-state index contributed by atoms with van der Waals surface area (Å²) in [4.78, 5) is 2.59. The number of halogens is 1. The van der Waals surface area contributed by atoms with E-state index in [1.807, 2.05) is 0 Å². The SMILES string of the molecule is COc1cc2c(c(Br)c1OCC(C)C)CCN1CC(OC(C)(C)C)CCC21. The molecule has 2 heterocycles. The summed E-state index contributed by atoms with van der Waals surface area (Å²) in [7, 11) is 1.73. The van der Waals surface area contributed by atoms with Crippen LogP contribution in [0.1, 0.15) is 64.6 Å². The third-order valence-electron chi connectivity index (χ3n) is 5.27. The van der Waals surface area contributed by atoms with Crippen LogP contribution in [0.25, 0.3) is 0 Å². The molecule has 0 saturated carbocycles. The minimum absolute atomic E-state index is 0.0832. The summed E-state index contributed by atoms with van der Waals surface area (Å²) < 4.78 is 19.1. The van der Waals surface area contributed by atoms with Gasteiger partial charge >= 0.3 is 0 Å². The van der Waals surface area contributed by atoms with Crippen LogP contribution in [0, 0.1) is 5.92 Å². The van der Waals surface area contributed by atoms with E-state index in [1.165, 1.54) is 11.1 Å². The van der Waals surface area contributed by atoms with E-state index in [2.05, 4.69) is 61.5 Å². The van der Waals surface area contributed by atoms with Crippen molar-refractivity contribution in [3.05, 3.63) is 21.7 Å². The third-order valence-corrected chi connectivity index (χ3v) is 6.11. The van der Waals surface area contributed by atoms with E-state index < -0.39 is 0 Å². The van der Waals surface area contributed by atoms with Gasteiger partial charge in [-0.15, -0.1) is 0 Å². The molecule has 27 heavy (non-hydrogen) atoms. The monoisotopic (exact) mass is 439 g/mol. The van der Waals surface area contributed by atoms with Crippen molar-refractivity contribution < 1.29 is 14.2 Å². The van der Waals surface area contributed by atoms with Gasteiger partial charge in [0.1, 0.15) is 0 Å². The highest BCUT2D eigenvalue weighted by Gasteiger charge is 2.37. The van der Waals surface area contributed by atoms with Crippen LogP contribution in [-0.4, -0.2) is 43.4 Å². The average Bonchev–Trinajstić information content (AvgIpc) is 2.58. The van der Waals surface area contributed by atoms with Gasteiger partial charge in [-0.2, -0.15) is 0 Å². The van der Waals surface area contributed by atoms with Crippen LogP contribution >= 0.6 is 15.9 Å². The number of hydrogen-bond donors (Lipinski definition) is 0. The summed E-state index contributed by atoms with van der Waals surface area (Å²) in [5.41, 5.74) is 2.68. The molecular weight excluding hydrogens is 406 g/mol. The molecule has 0 amide bonds. The number of hydrogen-bond acceptors (Lipinski definition) is 4. The first-order valence-corrected chi connectivity index (χ1v) is 10.9. The highest BCUT2D eigenvalue weighted by Crippen LogP contribution is 2.47. The van der Waals surface area contributed by atoms with E-state index >= 15 is 0 Å². The number of nitrogens with zero attached hydrogens (tertiary/aromatic N) is 1. The molecule has 1 aromatic carbocycles. The lowest BCUT2D eigenvalue weighted by Gasteiger charge is -2.45. The summed E-state index contributed by atoms with van der Waals surface area (Å²) in [6.45, 7) is 13.5. The molecule has 0 radical (unpaired) electrons. The molecule has 1 aromatic rings. The Kier molecular flexibility index (Phi) is 6.44. The fraction of sp³-hybridized carbons (Fsp3) is 0.727. The highest BCUT2D eigenvalue weighted by atomic mass is 79.9. The van der Waals surface area contributed by atoms with Gasteiger partial charge < -0.3 is 14.2 Å². The smallest absolute Gasteiger partial charge is 0.175 e. The Bertz CT molecular complexity index is 669. The molecule has 1 saturated heterocycles. The van der Waals surface area contributed by atoms with E-state index in [0.29, 0.717) is 24.7 Å². The number of ether oxygens (including phenoxy) is 3. The molecule has 0 spiro atoms. The van der Waals surface area contributed by atoms with E-state index in [1.54, 1.807) is 7.11 Å². The van der Waals surface area contributed by atoms with Crippen LogP contribution in [0.5, 0.6) is 11.5 Å². The topological polar surface area (TPSA) is 30.9 Å². The van der Waals surface area contributed by atoms with E-state index in [9.17, 15) is 0 Å². The summed E-state index contributed by atoms with van der Waals surface area (Å²) in [6, 6.07) is 2.65. The molecule has 2 aliphatic heterocycles. The second kappa shape index (κ2) is 8.30. The van der Waals surface area contributed by atoms with Gasteiger partial charge in [0.2, 0.25) is 0 Å². The van der Waals surface area contributed by atoms with Crippen LogP contribution in [0.4, 0.5) is 0 Å². The quantitative estimate of drug-likeness (QED) is 0.616. The Morgan fingerprint density at radius 1 is 1.26 bits per heavy atom. The maximum Gasteiger partial charge on any atom is 0.175 e. The van der Waals surface area contributed by atoms with Crippen molar-refractivity contribution in [2.45, 2.75) is 71.6 Å². The Morgan fingerprint density at radius 3 is 2.63 bits per heavy atom. The molecule has 0 bridgehead atoms. The van der Waals surface area contributed by atoms with Gasteiger partial charge in [0.05, 0.1) is 29.9 Å². The third kappa shape index (κ3) is 4.80. The molecule has 3 rings (SSSR count). The molecule has 2 unspecified atom stereocenters. The molecule has 2 aliphatic rings. The first-order valence-electron chi connectivity index (χ1n) is 10.1. The maximum atomic E-state index is 6.26. The van der Waals surface area contributed by atoms with Crippen LogP contribution in [0.2, 0.25) is 0 Å². The van der Waals surface area contributed by atoms with Crippen molar-refractivity contribution in [3.8, 4) is 11.5 Å². The summed E-state index contributed by atoms with van der Waals surface area (Å²) in [5.74, 6) is 2.16. The largest absolute Gasteiger partial charge is 0.493 e. The van der Waals surface area contributed by atoms with Gasteiger partial charge in [0.15, 0.2) is 11.5 Å². The summed E-state index contributed by atoms with van der Waals surface area (Å²) >= 11 is 3.83. The lowest BCUT2D eigenvalue weighted by Crippen LogP contribution is -2.47. The van der Waals surface area contributed by atoms with E-state index in [0.717, 1.165) is 48.3 Å². The normalized spacial score (nSPS) is 23.1. The Hall–Kier alpha value is -0.780. The molecule has 2 atom stereocenters. The fourth-order valence-electron chi connectivity index (χ4n) is 4.21. The van der Waals surface area contributed by atoms with Gasteiger partial charge in [-0.1, -0.05) is 13.8 Å². The van der Waals surface area contributed by atoms with Crippen molar-refractivity contribution in [2.24, 2.45) is 5.92 Å². The first kappa shape index (κ1) is 20.9. The molecule has 152 valence electrons. The fourth-order valence-corrected chi connectivity index (χ4v) is 4.95. The zero-order chi connectivity index (χ0) is 19.8. The van der Waals surface area contributed by atoms with Crippen LogP contribution < -0.4 is 9.47 Å².